The van der Waals surface area contributed by atoms with Gasteiger partial charge in [0.2, 0.25) is 5.88 Å². The molecular formula is C16H18N8O3. The molecule has 1 saturated carbocycles. The first kappa shape index (κ1) is 16.0. The van der Waals surface area contributed by atoms with E-state index in [1.807, 2.05) is 0 Å². The molecular weight excluding hydrogens is 352 g/mol. The summed E-state index contributed by atoms with van der Waals surface area (Å²) in [5.74, 6) is -0.246. The van der Waals surface area contributed by atoms with Crippen LogP contribution in [0.3, 0.4) is 0 Å². The highest BCUT2D eigenvalue weighted by molar-refractivity contribution is 5.56. The number of imidazole rings is 1. The van der Waals surface area contributed by atoms with Crippen molar-refractivity contribution in [2.45, 2.75) is 31.4 Å². The molecule has 4 heterocycles. The molecule has 2 aliphatic rings. The zero-order valence-electron chi connectivity index (χ0n) is 14.3. The zero-order chi connectivity index (χ0) is 18.4. The van der Waals surface area contributed by atoms with Gasteiger partial charge in [-0.25, -0.2) is 9.79 Å². The third kappa shape index (κ3) is 3.16. The van der Waals surface area contributed by atoms with Crippen LogP contribution in [0.4, 0.5) is 0 Å². The summed E-state index contributed by atoms with van der Waals surface area (Å²) in [6.07, 6.45) is 6.15. The molecule has 0 bridgehead atoms. The first-order chi connectivity index (χ1) is 13.2. The minimum atomic E-state index is -0.493. The summed E-state index contributed by atoms with van der Waals surface area (Å²) in [6.45, 7) is 1.65. The molecule has 1 aliphatic heterocycles. The van der Waals surface area contributed by atoms with E-state index in [0.29, 0.717) is 16.5 Å². The number of hydrogen-bond acceptors (Lipinski definition) is 8. The van der Waals surface area contributed by atoms with E-state index in [0.717, 1.165) is 32.4 Å². The number of aromatic amines is 2. The number of rotatable bonds is 4. The van der Waals surface area contributed by atoms with Gasteiger partial charge in [0.25, 0.3) is 5.62 Å². The van der Waals surface area contributed by atoms with Crippen molar-refractivity contribution in [3.8, 4) is 11.9 Å². The molecule has 0 spiro atoms. The van der Waals surface area contributed by atoms with E-state index < -0.39 is 5.69 Å². The first-order valence-corrected chi connectivity index (χ1v) is 8.86. The molecule has 4 N–H and O–H groups in total. The van der Waals surface area contributed by atoms with Gasteiger partial charge in [-0.15, -0.1) is 0 Å². The van der Waals surface area contributed by atoms with E-state index in [1.54, 1.807) is 16.8 Å². The molecule has 3 aromatic rings. The fraction of sp³-hybridized carbons (Fsp3) is 0.438. The lowest BCUT2D eigenvalue weighted by atomic mass is 10.3. The molecule has 11 heteroatoms. The van der Waals surface area contributed by atoms with E-state index in [2.05, 4.69) is 35.3 Å². The Bertz CT molecular complexity index is 1170. The summed E-state index contributed by atoms with van der Waals surface area (Å²) in [5.41, 5.74) is 0.686. The number of fused-ring (bicyclic) bond motifs is 1. The van der Waals surface area contributed by atoms with Crippen LogP contribution in [0, 0.1) is 0 Å². The summed E-state index contributed by atoms with van der Waals surface area (Å²) in [4.78, 5) is 29.7. The fourth-order valence-corrected chi connectivity index (χ4v) is 2.99. The lowest BCUT2D eigenvalue weighted by Crippen LogP contribution is -2.27. The Labute approximate surface area is 151 Å². The van der Waals surface area contributed by atoms with Crippen molar-refractivity contribution in [3.05, 3.63) is 33.2 Å². The number of nitrogens with zero attached hydrogens (tertiary/aromatic N) is 5. The van der Waals surface area contributed by atoms with Crippen molar-refractivity contribution in [1.82, 2.24) is 34.9 Å². The second-order valence-corrected chi connectivity index (χ2v) is 6.72. The standard InChI is InChI=1S/C16H18N8O3/c25-13-11(20-15(26)22-13)5-8-6-18-24-12(8)21-16(27-10-3-4-17-7-10)23-14(24)19-9-1-2-9/h5-6,9-10,17,25H,1-4,7H2,(H2,20,22,26)/t10-/m0/s1. The fourth-order valence-electron chi connectivity index (χ4n) is 2.99. The average molecular weight is 370 g/mol. The molecule has 2 fully saturated rings. The van der Waals surface area contributed by atoms with E-state index in [-0.39, 0.29) is 29.7 Å². The second kappa shape index (κ2) is 6.20. The minimum Gasteiger partial charge on any atom is -0.493 e. The molecule has 1 aliphatic carbocycles. The summed E-state index contributed by atoms with van der Waals surface area (Å²) >= 11 is 0. The molecule has 0 radical (unpaired) electrons. The highest BCUT2D eigenvalue weighted by Gasteiger charge is 2.22. The minimum absolute atomic E-state index is 0.0154. The molecule has 0 unspecified atom stereocenters. The van der Waals surface area contributed by atoms with E-state index in [1.165, 1.54) is 0 Å². The maximum absolute atomic E-state index is 11.4. The number of ether oxygens (including phenoxy) is 1. The predicted octanol–water partition coefficient (Wildman–Crippen LogP) is -1.80. The summed E-state index contributed by atoms with van der Waals surface area (Å²) in [7, 11) is 0. The molecule has 11 nitrogen and oxygen atoms in total. The molecule has 5 rings (SSSR count). The highest BCUT2D eigenvalue weighted by Crippen LogP contribution is 2.22. The van der Waals surface area contributed by atoms with Gasteiger partial charge in [0, 0.05) is 11.8 Å². The topological polar surface area (TPSA) is 146 Å². The summed E-state index contributed by atoms with van der Waals surface area (Å²) < 4.78 is 7.46. The van der Waals surface area contributed by atoms with Crippen LogP contribution < -0.4 is 26.6 Å². The lowest BCUT2D eigenvalue weighted by molar-refractivity contribution is 0.203. The van der Waals surface area contributed by atoms with Crippen LogP contribution in [-0.4, -0.2) is 59.9 Å². The smallest absolute Gasteiger partial charge is 0.326 e. The normalized spacial score (nSPS) is 21.4. The van der Waals surface area contributed by atoms with Crippen molar-refractivity contribution >= 4 is 11.7 Å². The van der Waals surface area contributed by atoms with Crippen molar-refractivity contribution in [3.63, 3.8) is 0 Å². The Morgan fingerprint density at radius 3 is 2.89 bits per heavy atom. The van der Waals surface area contributed by atoms with E-state index >= 15 is 0 Å². The SMILES string of the molecule is O=c1[nH]c(O)c(C=c2cnn3c(=NC4CC4)nc(O[C@H]4CCNC4)nc23)[nH]1. The van der Waals surface area contributed by atoms with E-state index in [4.69, 9.17) is 4.74 Å². The summed E-state index contributed by atoms with van der Waals surface area (Å²) in [6, 6.07) is 0.503. The Morgan fingerprint density at radius 1 is 1.30 bits per heavy atom. The van der Waals surface area contributed by atoms with Crippen LogP contribution in [-0.2, 0) is 0 Å². The van der Waals surface area contributed by atoms with Crippen molar-refractivity contribution in [2.75, 3.05) is 13.1 Å². The van der Waals surface area contributed by atoms with Gasteiger partial charge < -0.3 is 20.1 Å². The zero-order valence-corrected chi connectivity index (χ0v) is 14.3. The van der Waals surface area contributed by atoms with Gasteiger partial charge in [0.05, 0.1) is 12.2 Å². The first-order valence-electron chi connectivity index (χ1n) is 8.86. The molecule has 1 saturated heterocycles. The van der Waals surface area contributed by atoms with Crippen LogP contribution in [0.1, 0.15) is 25.0 Å². The predicted molar refractivity (Wildman–Crippen MR) is 93.1 cm³/mol. The van der Waals surface area contributed by atoms with Gasteiger partial charge in [-0.3, -0.25) is 4.98 Å². The largest absolute Gasteiger partial charge is 0.493 e. The Balaban J connectivity index is 1.66. The van der Waals surface area contributed by atoms with Crippen LogP contribution in [0.15, 0.2) is 16.0 Å². The number of aromatic hydroxyl groups is 1. The molecule has 3 aromatic heterocycles. The van der Waals surface area contributed by atoms with Crippen LogP contribution >= 0.6 is 0 Å². The van der Waals surface area contributed by atoms with Gasteiger partial charge in [-0.05, 0) is 31.9 Å². The van der Waals surface area contributed by atoms with E-state index in [9.17, 15) is 9.90 Å². The van der Waals surface area contributed by atoms with Gasteiger partial charge in [-0.1, -0.05) is 0 Å². The quantitative estimate of drug-likeness (QED) is 0.424. The van der Waals surface area contributed by atoms with Crippen molar-refractivity contribution in [2.24, 2.45) is 4.99 Å². The van der Waals surface area contributed by atoms with Crippen molar-refractivity contribution < 1.29 is 9.84 Å². The highest BCUT2D eigenvalue weighted by atomic mass is 16.5. The van der Waals surface area contributed by atoms with Crippen LogP contribution in [0.5, 0.6) is 11.9 Å². The molecule has 0 amide bonds. The second-order valence-electron chi connectivity index (χ2n) is 6.72. The van der Waals surface area contributed by atoms with Gasteiger partial charge in [0.15, 0.2) is 5.65 Å². The Morgan fingerprint density at radius 2 is 2.19 bits per heavy atom. The monoisotopic (exact) mass is 370 g/mol. The number of aromatic nitrogens is 6. The summed E-state index contributed by atoms with van der Waals surface area (Å²) in [5, 5.41) is 18.0. The third-order valence-electron chi connectivity index (χ3n) is 4.52. The average Bonchev–Trinajstić information content (AvgIpc) is 3.01. The molecule has 140 valence electrons. The Hall–Kier alpha value is -3.21. The van der Waals surface area contributed by atoms with Gasteiger partial charge in [0.1, 0.15) is 11.8 Å². The van der Waals surface area contributed by atoms with Gasteiger partial charge in [-0.2, -0.15) is 19.6 Å². The number of H-pyrrole nitrogens is 2. The third-order valence-corrected chi connectivity index (χ3v) is 4.52. The number of hydrogen-bond donors (Lipinski definition) is 4. The lowest BCUT2D eigenvalue weighted by Gasteiger charge is -2.10. The van der Waals surface area contributed by atoms with Crippen LogP contribution in [0.25, 0.3) is 11.7 Å². The molecule has 1 atom stereocenters. The Kier molecular flexibility index (Phi) is 3.67. The number of nitrogens with one attached hydrogen (secondary N) is 3. The van der Waals surface area contributed by atoms with Gasteiger partial charge >= 0.3 is 11.7 Å². The molecule has 0 aromatic carbocycles. The maximum Gasteiger partial charge on any atom is 0.326 e. The maximum atomic E-state index is 11.4. The van der Waals surface area contributed by atoms with Crippen molar-refractivity contribution in [1.29, 1.82) is 0 Å². The van der Waals surface area contributed by atoms with Crippen LogP contribution in [0.2, 0.25) is 0 Å². The molecule has 27 heavy (non-hydrogen) atoms.